The first-order valence-corrected chi connectivity index (χ1v) is 6.82. The largest absolute Gasteiger partial charge is 0.295 e. The van der Waals surface area contributed by atoms with Gasteiger partial charge in [0.2, 0.25) is 5.91 Å². The Morgan fingerprint density at radius 2 is 2.14 bits per heavy atom. The number of hydrogen-bond donors (Lipinski definition) is 1. The molecule has 1 aromatic carbocycles. The number of nitrogens with zero attached hydrogens (tertiary/aromatic N) is 3. The van der Waals surface area contributed by atoms with Crippen molar-refractivity contribution < 1.29 is 9.59 Å². The Kier molecular flexibility index (Phi) is 3.25. The van der Waals surface area contributed by atoms with Gasteiger partial charge in [-0.3, -0.25) is 19.7 Å². The number of aryl methyl sites for hydroxylation is 1. The monoisotopic (exact) mass is 286 g/mol. The van der Waals surface area contributed by atoms with Crippen molar-refractivity contribution in [3.63, 3.8) is 0 Å². The second-order valence-electron chi connectivity index (χ2n) is 5.01. The van der Waals surface area contributed by atoms with Gasteiger partial charge in [-0.2, -0.15) is 4.68 Å². The molecule has 0 radical (unpaired) electrons. The van der Waals surface area contributed by atoms with Crippen molar-refractivity contribution >= 4 is 22.7 Å². The Morgan fingerprint density at radius 3 is 2.86 bits per heavy atom. The first-order valence-electron chi connectivity index (χ1n) is 6.82. The van der Waals surface area contributed by atoms with E-state index >= 15 is 0 Å². The molecule has 0 bridgehead atoms. The summed E-state index contributed by atoms with van der Waals surface area (Å²) in [6, 6.07) is 4.64. The van der Waals surface area contributed by atoms with E-state index < -0.39 is 11.9 Å². The van der Waals surface area contributed by atoms with E-state index in [4.69, 9.17) is 0 Å². The van der Waals surface area contributed by atoms with Crippen LogP contribution in [0.4, 0.5) is 0 Å². The van der Waals surface area contributed by atoms with Gasteiger partial charge in [0.05, 0.1) is 5.39 Å². The molecule has 1 aromatic heterocycles. The molecule has 3 rings (SSSR count). The quantitative estimate of drug-likeness (QED) is 0.803. The van der Waals surface area contributed by atoms with E-state index in [0.717, 1.165) is 16.7 Å². The van der Waals surface area contributed by atoms with Crippen LogP contribution in [0.2, 0.25) is 0 Å². The maximum Gasteiger partial charge on any atom is 0.278 e. The Morgan fingerprint density at radius 1 is 1.33 bits per heavy atom. The van der Waals surface area contributed by atoms with Gasteiger partial charge in [0, 0.05) is 6.42 Å². The molecular formula is C14H14N4O3. The van der Waals surface area contributed by atoms with E-state index in [2.05, 4.69) is 15.6 Å². The highest BCUT2D eigenvalue weighted by molar-refractivity contribution is 5.99. The van der Waals surface area contributed by atoms with Crippen LogP contribution in [-0.4, -0.2) is 26.8 Å². The summed E-state index contributed by atoms with van der Waals surface area (Å²) < 4.78 is 1.07. The van der Waals surface area contributed by atoms with Gasteiger partial charge in [0.15, 0.2) is 0 Å². The molecule has 1 fully saturated rings. The molecule has 1 aliphatic heterocycles. The van der Waals surface area contributed by atoms with Crippen LogP contribution in [0.1, 0.15) is 31.4 Å². The molecule has 2 heterocycles. The van der Waals surface area contributed by atoms with Crippen LogP contribution in [0.25, 0.3) is 10.9 Å². The molecule has 21 heavy (non-hydrogen) atoms. The van der Waals surface area contributed by atoms with Crippen LogP contribution >= 0.6 is 0 Å². The van der Waals surface area contributed by atoms with Crippen LogP contribution < -0.4 is 10.9 Å². The summed E-state index contributed by atoms with van der Waals surface area (Å²) in [4.78, 5) is 35.6. The summed E-state index contributed by atoms with van der Waals surface area (Å²) in [5, 5.41) is 10.5. The van der Waals surface area contributed by atoms with Crippen LogP contribution in [0.15, 0.2) is 23.0 Å². The van der Waals surface area contributed by atoms with Gasteiger partial charge in [-0.25, -0.2) is 0 Å². The number of carbonyl (C=O) groups excluding carboxylic acids is 2. The molecule has 1 atom stereocenters. The third-order valence-electron chi connectivity index (χ3n) is 3.66. The summed E-state index contributed by atoms with van der Waals surface area (Å²) in [5.41, 5.74) is 1.16. The topological polar surface area (TPSA) is 93.9 Å². The molecule has 1 saturated heterocycles. The van der Waals surface area contributed by atoms with E-state index in [1.165, 1.54) is 0 Å². The zero-order chi connectivity index (χ0) is 15.0. The Labute approximate surface area is 120 Å². The van der Waals surface area contributed by atoms with Crippen molar-refractivity contribution in [2.45, 2.75) is 32.2 Å². The lowest BCUT2D eigenvalue weighted by Crippen LogP contribution is -2.45. The second-order valence-corrected chi connectivity index (χ2v) is 5.01. The molecule has 108 valence electrons. The molecule has 1 N–H and O–H groups in total. The lowest BCUT2D eigenvalue weighted by atomic mass is 10.1. The second kappa shape index (κ2) is 5.08. The number of hydrogen-bond acceptors (Lipinski definition) is 5. The standard InChI is InChI=1S/C14H14N4O3/c1-2-8-3-4-10-9(7-8)14(21)18(17-16-10)11-5-6-12(19)15-13(11)20/h3-4,7,11H,2,5-6H2,1H3,(H,15,19,20). The summed E-state index contributed by atoms with van der Waals surface area (Å²) in [5.74, 6) is -0.833. The molecular weight excluding hydrogens is 272 g/mol. The molecule has 7 heteroatoms. The van der Waals surface area contributed by atoms with Crippen LogP contribution in [0, 0.1) is 0 Å². The van der Waals surface area contributed by atoms with Gasteiger partial charge < -0.3 is 0 Å². The number of amides is 2. The zero-order valence-corrected chi connectivity index (χ0v) is 11.5. The molecule has 1 aliphatic rings. The smallest absolute Gasteiger partial charge is 0.278 e. The van der Waals surface area contributed by atoms with Crippen molar-refractivity contribution in [3.8, 4) is 0 Å². The number of fused-ring (bicyclic) bond motifs is 1. The molecule has 2 amide bonds. The minimum absolute atomic E-state index is 0.192. The number of rotatable bonds is 2. The van der Waals surface area contributed by atoms with Crippen molar-refractivity contribution in [2.24, 2.45) is 0 Å². The minimum atomic E-state index is -0.780. The summed E-state index contributed by atoms with van der Waals surface area (Å²) >= 11 is 0. The van der Waals surface area contributed by atoms with Gasteiger partial charge in [-0.15, -0.1) is 5.10 Å². The van der Waals surface area contributed by atoms with Crippen molar-refractivity contribution in [1.82, 2.24) is 20.3 Å². The number of imide groups is 1. The highest BCUT2D eigenvalue weighted by Crippen LogP contribution is 2.17. The first-order chi connectivity index (χ1) is 10.1. The lowest BCUT2D eigenvalue weighted by Gasteiger charge is -2.21. The van der Waals surface area contributed by atoms with Crippen LogP contribution in [0.3, 0.4) is 0 Å². The Bertz CT molecular complexity index is 796. The predicted molar refractivity (Wildman–Crippen MR) is 74.6 cm³/mol. The highest BCUT2D eigenvalue weighted by atomic mass is 16.2. The fourth-order valence-corrected chi connectivity index (χ4v) is 2.44. The zero-order valence-electron chi connectivity index (χ0n) is 11.5. The van der Waals surface area contributed by atoms with E-state index in [-0.39, 0.29) is 24.3 Å². The average Bonchev–Trinajstić information content (AvgIpc) is 2.48. The molecule has 1 unspecified atom stereocenters. The Balaban J connectivity index is 2.11. The Hall–Kier alpha value is -2.57. The highest BCUT2D eigenvalue weighted by Gasteiger charge is 2.30. The average molecular weight is 286 g/mol. The third-order valence-corrected chi connectivity index (χ3v) is 3.66. The molecule has 0 aliphatic carbocycles. The minimum Gasteiger partial charge on any atom is -0.295 e. The van der Waals surface area contributed by atoms with Gasteiger partial charge in [0.25, 0.3) is 11.5 Å². The fourth-order valence-electron chi connectivity index (χ4n) is 2.44. The van der Waals surface area contributed by atoms with Gasteiger partial charge in [-0.1, -0.05) is 18.2 Å². The van der Waals surface area contributed by atoms with Crippen LogP contribution in [0.5, 0.6) is 0 Å². The SMILES string of the molecule is CCc1ccc2nnn(C3CCC(=O)NC3=O)c(=O)c2c1. The van der Waals surface area contributed by atoms with Gasteiger partial charge in [-0.05, 0) is 30.5 Å². The third kappa shape index (κ3) is 2.31. The molecule has 7 nitrogen and oxygen atoms in total. The predicted octanol–water partition coefficient (Wildman–Crippen LogP) is 0.332. The van der Waals surface area contributed by atoms with Crippen molar-refractivity contribution in [2.75, 3.05) is 0 Å². The van der Waals surface area contributed by atoms with E-state index in [0.29, 0.717) is 10.9 Å². The number of nitrogens with one attached hydrogen (secondary N) is 1. The lowest BCUT2D eigenvalue weighted by molar-refractivity contribution is -0.136. The molecule has 0 spiro atoms. The fraction of sp³-hybridized carbons (Fsp3) is 0.357. The first kappa shape index (κ1) is 13.4. The summed E-state index contributed by atoms with van der Waals surface area (Å²) in [7, 11) is 0. The van der Waals surface area contributed by atoms with Gasteiger partial charge >= 0.3 is 0 Å². The number of piperidine rings is 1. The summed E-state index contributed by atoms with van der Waals surface area (Å²) in [6.07, 6.45) is 1.26. The summed E-state index contributed by atoms with van der Waals surface area (Å²) in [6.45, 7) is 1.99. The normalized spacial score (nSPS) is 18.8. The molecule has 2 aromatic rings. The maximum atomic E-state index is 12.5. The maximum absolute atomic E-state index is 12.5. The number of aromatic nitrogens is 3. The van der Waals surface area contributed by atoms with Gasteiger partial charge in [0.1, 0.15) is 11.6 Å². The van der Waals surface area contributed by atoms with Crippen molar-refractivity contribution in [3.05, 3.63) is 34.1 Å². The van der Waals surface area contributed by atoms with Crippen molar-refractivity contribution in [1.29, 1.82) is 0 Å². The van der Waals surface area contributed by atoms with E-state index in [9.17, 15) is 14.4 Å². The molecule has 0 saturated carbocycles. The van der Waals surface area contributed by atoms with E-state index in [1.54, 1.807) is 12.1 Å². The number of carbonyl (C=O) groups is 2. The number of benzene rings is 1. The van der Waals surface area contributed by atoms with Crippen LogP contribution in [-0.2, 0) is 16.0 Å². The van der Waals surface area contributed by atoms with E-state index in [1.807, 2.05) is 13.0 Å².